The molecule has 0 atom stereocenters. The first-order chi connectivity index (χ1) is 4.79. The number of aromatic nitrogens is 2. The average Bonchev–Trinajstić information content (AvgIpc) is 2.39. The van der Waals surface area contributed by atoms with Crippen molar-refractivity contribution in [1.82, 2.24) is 9.78 Å². The minimum absolute atomic E-state index is 0.579. The molecule has 0 aliphatic carbocycles. The molecule has 0 spiro atoms. The monoisotopic (exact) mass is 158 g/mol. The van der Waals surface area contributed by atoms with Gasteiger partial charge in [0.05, 0.1) is 18.9 Å². The maximum Gasteiger partial charge on any atom is 0.156 e. The fraction of sp³-hybridized carbons (Fsp3) is 0.500. The molecule has 0 amide bonds. The number of fused-ring (bicyclic) bond motifs is 1. The van der Waals surface area contributed by atoms with Crippen LogP contribution in [0.15, 0.2) is 0 Å². The number of hydrogen-bond acceptors (Lipinski definition) is 2. The van der Waals surface area contributed by atoms with Gasteiger partial charge in [0.1, 0.15) is 0 Å². The SMILES string of the molecule is Cn1nc(Cl)c2c1COC2. The Morgan fingerprint density at radius 2 is 2.40 bits per heavy atom. The summed E-state index contributed by atoms with van der Waals surface area (Å²) >= 11 is 5.78. The van der Waals surface area contributed by atoms with Gasteiger partial charge in [-0.1, -0.05) is 11.6 Å². The van der Waals surface area contributed by atoms with Crippen LogP contribution in [0.3, 0.4) is 0 Å². The summed E-state index contributed by atoms with van der Waals surface area (Å²) < 4.78 is 6.94. The summed E-state index contributed by atoms with van der Waals surface area (Å²) in [4.78, 5) is 0. The van der Waals surface area contributed by atoms with E-state index in [0.29, 0.717) is 18.4 Å². The molecule has 0 radical (unpaired) electrons. The van der Waals surface area contributed by atoms with Crippen LogP contribution in [-0.2, 0) is 25.0 Å². The van der Waals surface area contributed by atoms with E-state index in [1.807, 2.05) is 7.05 Å². The van der Waals surface area contributed by atoms with Gasteiger partial charge in [0.15, 0.2) is 5.15 Å². The van der Waals surface area contributed by atoms with Gasteiger partial charge in [-0.3, -0.25) is 4.68 Å². The van der Waals surface area contributed by atoms with Crippen molar-refractivity contribution >= 4 is 11.6 Å². The molecule has 2 rings (SSSR count). The fourth-order valence-corrected chi connectivity index (χ4v) is 1.42. The number of aryl methyl sites for hydroxylation is 1. The molecule has 10 heavy (non-hydrogen) atoms. The summed E-state index contributed by atoms with van der Waals surface area (Å²) in [5, 5.41) is 4.61. The maximum atomic E-state index is 5.78. The summed E-state index contributed by atoms with van der Waals surface area (Å²) in [7, 11) is 1.87. The van der Waals surface area contributed by atoms with Gasteiger partial charge in [0.25, 0.3) is 0 Å². The molecular formula is C6H7ClN2O. The van der Waals surface area contributed by atoms with Crippen molar-refractivity contribution in [3.8, 4) is 0 Å². The third kappa shape index (κ3) is 0.676. The van der Waals surface area contributed by atoms with E-state index in [0.717, 1.165) is 11.3 Å². The molecule has 3 nitrogen and oxygen atoms in total. The molecule has 1 aliphatic rings. The molecular weight excluding hydrogens is 152 g/mol. The van der Waals surface area contributed by atoms with Crippen molar-refractivity contribution in [2.24, 2.45) is 7.05 Å². The van der Waals surface area contributed by atoms with Gasteiger partial charge in [0.2, 0.25) is 0 Å². The first-order valence-electron chi connectivity index (χ1n) is 3.07. The third-order valence-corrected chi connectivity index (χ3v) is 2.01. The first kappa shape index (κ1) is 6.19. The number of nitrogens with zero attached hydrogens (tertiary/aromatic N) is 2. The molecule has 0 bridgehead atoms. The molecule has 0 saturated heterocycles. The third-order valence-electron chi connectivity index (χ3n) is 1.71. The minimum atomic E-state index is 0.579. The smallest absolute Gasteiger partial charge is 0.156 e. The topological polar surface area (TPSA) is 27.1 Å². The summed E-state index contributed by atoms with van der Waals surface area (Å²) in [5.41, 5.74) is 2.15. The summed E-state index contributed by atoms with van der Waals surface area (Å²) in [5.74, 6) is 0. The minimum Gasteiger partial charge on any atom is -0.370 e. The average molecular weight is 159 g/mol. The first-order valence-corrected chi connectivity index (χ1v) is 3.45. The zero-order valence-corrected chi connectivity index (χ0v) is 6.35. The lowest BCUT2D eigenvalue weighted by Crippen LogP contribution is -1.95. The Morgan fingerprint density at radius 3 is 3.10 bits per heavy atom. The summed E-state index contributed by atoms with van der Waals surface area (Å²) in [6.07, 6.45) is 0. The summed E-state index contributed by atoms with van der Waals surface area (Å²) in [6, 6.07) is 0. The van der Waals surface area contributed by atoms with E-state index >= 15 is 0 Å². The normalized spacial score (nSPS) is 15.8. The molecule has 0 aromatic carbocycles. The number of halogens is 1. The predicted molar refractivity (Wildman–Crippen MR) is 36.7 cm³/mol. The van der Waals surface area contributed by atoms with Crippen molar-refractivity contribution < 1.29 is 4.74 Å². The molecule has 4 heteroatoms. The molecule has 54 valence electrons. The standard InChI is InChI=1S/C6H7ClN2O/c1-9-5-3-10-2-4(5)6(7)8-9/h2-3H2,1H3. The predicted octanol–water partition coefficient (Wildman–Crippen LogP) is 1.10. The van der Waals surface area contributed by atoms with Crippen LogP contribution in [0.2, 0.25) is 5.15 Å². The maximum absolute atomic E-state index is 5.78. The second-order valence-corrected chi connectivity index (χ2v) is 2.69. The quantitative estimate of drug-likeness (QED) is 0.566. The van der Waals surface area contributed by atoms with Crippen molar-refractivity contribution in [2.75, 3.05) is 0 Å². The van der Waals surface area contributed by atoms with Gasteiger partial charge in [-0.25, -0.2) is 0 Å². The van der Waals surface area contributed by atoms with Gasteiger partial charge in [-0.2, -0.15) is 5.10 Å². The largest absolute Gasteiger partial charge is 0.370 e. The van der Waals surface area contributed by atoms with Gasteiger partial charge < -0.3 is 4.74 Å². The lowest BCUT2D eigenvalue weighted by Gasteiger charge is -1.92. The zero-order valence-electron chi connectivity index (χ0n) is 5.59. The van der Waals surface area contributed by atoms with Crippen LogP contribution in [-0.4, -0.2) is 9.78 Å². The lowest BCUT2D eigenvalue weighted by atomic mass is 10.3. The fourth-order valence-electron chi connectivity index (χ4n) is 1.14. The Kier molecular flexibility index (Phi) is 1.22. The van der Waals surface area contributed by atoms with E-state index in [1.54, 1.807) is 4.68 Å². The second-order valence-electron chi connectivity index (χ2n) is 2.33. The molecule has 0 fully saturated rings. The Labute approximate surface area is 63.5 Å². The molecule has 0 unspecified atom stereocenters. The molecule has 1 aliphatic heterocycles. The van der Waals surface area contributed by atoms with Crippen LogP contribution >= 0.6 is 11.6 Å². The van der Waals surface area contributed by atoms with E-state index in [9.17, 15) is 0 Å². The Bertz CT molecular complexity index is 244. The van der Waals surface area contributed by atoms with Crippen molar-refractivity contribution in [3.63, 3.8) is 0 Å². The van der Waals surface area contributed by atoms with Crippen molar-refractivity contribution in [1.29, 1.82) is 0 Å². The lowest BCUT2D eigenvalue weighted by molar-refractivity contribution is 0.130. The van der Waals surface area contributed by atoms with Crippen LogP contribution in [0, 0.1) is 0 Å². The number of ether oxygens (including phenoxy) is 1. The molecule has 1 aromatic rings. The van der Waals surface area contributed by atoms with Crippen molar-refractivity contribution in [3.05, 3.63) is 16.4 Å². The van der Waals surface area contributed by atoms with E-state index in [4.69, 9.17) is 16.3 Å². The highest BCUT2D eigenvalue weighted by Crippen LogP contribution is 2.25. The second kappa shape index (κ2) is 1.97. The number of rotatable bonds is 0. The van der Waals surface area contributed by atoms with Crippen LogP contribution < -0.4 is 0 Å². The Morgan fingerprint density at radius 1 is 1.60 bits per heavy atom. The van der Waals surface area contributed by atoms with E-state index in [2.05, 4.69) is 5.10 Å². The van der Waals surface area contributed by atoms with E-state index < -0.39 is 0 Å². The van der Waals surface area contributed by atoms with Gasteiger partial charge in [0, 0.05) is 12.6 Å². The molecule has 2 heterocycles. The van der Waals surface area contributed by atoms with Crippen LogP contribution in [0.5, 0.6) is 0 Å². The Balaban J connectivity index is 2.61. The van der Waals surface area contributed by atoms with Gasteiger partial charge >= 0.3 is 0 Å². The highest BCUT2D eigenvalue weighted by molar-refractivity contribution is 6.30. The van der Waals surface area contributed by atoms with Gasteiger partial charge in [-0.05, 0) is 0 Å². The Hall–Kier alpha value is -0.540. The highest BCUT2D eigenvalue weighted by Gasteiger charge is 2.19. The summed E-state index contributed by atoms with van der Waals surface area (Å²) in [6.45, 7) is 1.26. The van der Waals surface area contributed by atoms with Gasteiger partial charge in [-0.15, -0.1) is 0 Å². The van der Waals surface area contributed by atoms with Crippen LogP contribution in [0.25, 0.3) is 0 Å². The van der Waals surface area contributed by atoms with E-state index in [-0.39, 0.29) is 0 Å². The molecule has 0 saturated carbocycles. The zero-order chi connectivity index (χ0) is 7.14. The van der Waals surface area contributed by atoms with Crippen molar-refractivity contribution in [2.45, 2.75) is 13.2 Å². The van der Waals surface area contributed by atoms with Crippen LogP contribution in [0.1, 0.15) is 11.3 Å². The number of hydrogen-bond donors (Lipinski definition) is 0. The highest BCUT2D eigenvalue weighted by atomic mass is 35.5. The van der Waals surface area contributed by atoms with Crippen LogP contribution in [0.4, 0.5) is 0 Å². The molecule has 0 N–H and O–H groups in total. The molecule has 1 aromatic heterocycles. The van der Waals surface area contributed by atoms with E-state index in [1.165, 1.54) is 0 Å².